The van der Waals surface area contributed by atoms with Crippen LogP contribution in [0.4, 0.5) is 0 Å². The number of rotatable bonds is 6. The summed E-state index contributed by atoms with van der Waals surface area (Å²) in [5.41, 5.74) is 3.42. The molecule has 0 aliphatic rings. The number of carboxylic acids is 1. The fourth-order valence-electron chi connectivity index (χ4n) is 2.20. The Kier molecular flexibility index (Phi) is 5.31. The largest absolute Gasteiger partial charge is 0.478 e. The molecule has 1 amide bonds. The third-order valence-electron chi connectivity index (χ3n) is 3.55. The number of carbonyl (C=O) groups is 2. The van der Waals surface area contributed by atoms with Gasteiger partial charge in [0.1, 0.15) is 0 Å². The van der Waals surface area contributed by atoms with Crippen molar-refractivity contribution in [3.8, 4) is 0 Å². The molecule has 0 aliphatic carbocycles. The third kappa shape index (κ3) is 4.45. The number of hydrogen-bond acceptors (Lipinski definition) is 2. The Morgan fingerprint density at radius 2 is 1.73 bits per heavy atom. The number of aromatic carboxylic acids is 1. The lowest BCUT2D eigenvalue weighted by molar-refractivity contribution is -0.120. The summed E-state index contributed by atoms with van der Waals surface area (Å²) in [6, 6.07) is 14.5. The molecule has 0 fully saturated rings. The average molecular weight is 297 g/mol. The van der Waals surface area contributed by atoms with Gasteiger partial charge in [0.2, 0.25) is 5.91 Å². The molecule has 0 heterocycles. The van der Waals surface area contributed by atoms with Crippen molar-refractivity contribution in [3.63, 3.8) is 0 Å². The molecule has 4 nitrogen and oxygen atoms in total. The summed E-state index contributed by atoms with van der Waals surface area (Å²) >= 11 is 0. The maximum atomic E-state index is 11.9. The SMILES string of the molecule is Cc1ccccc1CC(=O)NCCc1ccc(C(=O)O)cc1. The van der Waals surface area contributed by atoms with Gasteiger partial charge >= 0.3 is 5.97 Å². The second-order valence-corrected chi connectivity index (χ2v) is 5.21. The number of amides is 1. The zero-order valence-electron chi connectivity index (χ0n) is 12.5. The first-order valence-electron chi connectivity index (χ1n) is 7.19. The van der Waals surface area contributed by atoms with Crippen LogP contribution in [0.25, 0.3) is 0 Å². The molecule has 22 heavy (non-hydrogen) atoms. The minimum Gasteiger partial charge on any atom is -0.478 e. The minimum absolute atomic E-state index is 0.00328. The first-order valence-corrected chi connectivity index (χ1v) is 7.19. The van der Waals surface area contributed by atoms with Crippen molar-refractivity contribution >= 4 is 11.9 Å². The molecule has 2 N–H and O–H groups in total. The van der Waals surface area contributed by atoms with Gasteiger partial charge in [-0.1, -0.05) is 36.4 Å². The van der Waals surface area contributed by atoms with Gasteiger partial charge in [-0.3, -0.25) is 4.79 Å². The van der Waals surface area contributed by atoms with Crippen LogP contribution in [0.15, 0.2) is 48.5 Å². The summed E-state index contributed by atoms with van der Waals surface area (Å²) in [7, 11) is 0. The Morgan fingerprint density at radius 3 is 2.36 bits per heavy atom. The van der Waals surface area contributed by atoms with Crippen molar-refractivity contribution in [1.29, 1.82) is 0 Å². The van der Waals surface area contributed by atoms with Crippen molar-refractivity contribution in [2.24, 2.45) is 0 Å². The molecule has 0 aromatic heterocycles. The maximum absolute atomic E-state index is 11.9. The Bertz CT molecular complexity index is 662. The van der Waals surface area contributed by atoms with E-state index in [0.717, 1.165) is 16.7 Å². The fourth-order valence-corrected chi connectivity index (χ4v) is 2.20. The number of hydrogen-bond donors (Lipinski definition) is 2. The molecule has 0 bridgehead atoms. The Labute approximate surface area is 129 Å². The van der Waals surface area contributed by atoms with E-state index < -0.39 is 5.97 Å². The van der Waals surface area contributed by atoms with E-state index in [1.54, 1.807) is 24.3 Å². The van der Waals surface area contributed by atoms with E-state index in [0.29, 0.717) is 19.4 Å². The van der Waals surface area contributed by atoms with Gasteiger partial charge in [-0.2, -0.15) is 0 Å². The Balaban J connectivity index is 1.79. The van der Waals surface area contributed by atoms with Crippen LogP contribution < -0.4 is 5.32 Å². The van der Waals surface area contributed by atoms with Crippen LogP contribution in [0.2, 0.25) is 0 Å². The fraction of sp³-hybridized carbons (Fsp3) is 0.222. The first kappa shape index (κ1) is 15.8. The lowest BCUT2D eigenvalue weighted by atomic mass is 10.1. The van der Waals surface area contributed by atoms with E-state index >= 15 is 0 Å². The van der Waals surface area contributed by atoms with Crippen LogP contribution in [-0.4, -0.2) is 23.5 Å². The molecule has 2 aromatic carbocycles. The normalized spacial score (nSPS) is 10.2. The van der Waals surface area contributed by atoms with E-state index in [-0.39, 0.29) is 11.5 Å². The maximum Gasteiger partial charge on any atom is 0.335 e. The highest BCUT2D eigenvalue weighted by molar-refractivity contribution is 5.87. The Morgan fingerprint density at radius 1 is 1.05 bits per heavy atom. The summed E-state index contributed by atoms with van der Waals surface area (Å²) in [6.07, 6.45) is 1.06. The predicted octanol–water partition coefficient (Wildman–Crippen LogP) is 2.59. The minimum atomic E-state index is -0.932. The van der Waals surface area contributed by atoms with E-state index in [1.807, 2.05) is 31.2 Å². The summed E-state index contributed by atoms with van der Waals surface area (Å²) in [6.45, 7) is 2.53. The lowest BCUT2D eigenvalue weighted by Crippen LogP contribution is -2.27. The summed E-state index contributed by atoms with van der Waals surface area (Å²) in [5, 5.41) is 11.7. The van der Waals surface area contributed by atoms with Gasteiger partial charge in [-0.25, -0.2) is 4.79 Å². The molecule has 0 spiro atoms. The molecule has 0 saturated carbocycles. The van der Waals surface area contributed by atoms with E-state index in [2.05, 4.69) is 5.32 Å². The lowest BCUT2D eigenvalue weighted by Gasteiger charge is -2.07. The van der Waals surface area contributed by atoms with Gasteiger partial charge in [-0.05, 0) is 42.2 Å². The number of carbonyl (C=O) groups excluding carboxylic acids is 1. The van der Waals surface area contributed by atoms with Crippen molar-refractivity contribution in [2.75, 3.05) is 6.54 Å². The van der Waals surface area contributed by atoms with Gasteiger partial charge in [0, 0.05) is 6.54 Å². The van der Waals surface area contributed by atoms with Crippen molar-refractivity contribution in [1.82, 2.24) is 5.32 Å². The molecular formula is C18H19NO3. The van der Waals surface area contributed by atoms with Crippen LogP contribution in [-0.2, 0) is 17.6 Å². The Hall–Kier alpha value is -2.62. The zero-order valence-corrected chi connectivity index (χ0v) is 12.5. The van der Waals surface area contributed by atoms with Gasteiger partial charge < -0.3 is 10.4 Å². The van der Waals surface area contributed by atoms with Crippen molar-refractivity contribution in [3.05, 3.63) is 70.8 Å². The van der Waals surface area contributed by atoms with Crippen molar-refractivity contribution in [2.45, 2.75) is 19.8 Å². The number of benzene rings is 2. The number of aryl methyl sites for hydroxylation is 1. The summed E-state index contributed by atoms with van der Waals surface area (Å²) < 4.78 is 0. The number of nitrogens with one attached hydrogen (secondary N) is 1. The van der Waals surface area contributed by atoms with E-state index in [9.17, 15) is 9.59 Å². The highest BCUT2D eigenvalue weighted by Gasteiger charge is 2.05. The smallest absolute Gasteiger partial charge is 0.335 e. The monoisotopic (exact) mass is 297 g/mol. The molecule has 0 unspecified atom stereocenters. The second kappa shape index (κ2) is 7.41. The average Bonchev–Trinajstić information content (AvgIpc) is 2.50. The highest BCUT2D eigenvalue weighted by Crippen LogP contribution is 2.08. The van der Waals surface area contributed by atoms with Gasteiger partial charge in [0.15, 0.2) is 0 Å². The third-order valence-corrected chi connectivity index (χ3v) is 3.55. The standard InChI is InChI=1S/C18H19NO3/c1-13-4-2-3-5-16(13)12-17(20)19-11-10-14-6-8-15(9-7-14)18(21)22/h2-9H,10-12H2,1H3,(H,19,20)(H,21,22). The molecule has 4 heteroatoms. The molecule has 0 atom stereocenters. The van der Waals surface area contributed by atoms with E-state index in [4.69, 9.17) is 5.11 Å². The first-order chi connectivity index (χ1) is 10.6. The molecule has 2 aromatic rings. The van der Waals surface area contributed by atoms with Gasteiger partial charge in [0.25, 0.3) is 0 Å². The molecule has 114 valence electrons. The molecular weight excluding hydrogens is 278 g/mol. The van der Waals surface area contributed by atoms with Crippen LogP contribution in [0.5, 0.6) is 0 Å². The molecule has 2 rings (SSSR count). The van der Waals surface area contributed by atoms with Crippen LogP contribution >= 0.6 is 0 Å². The van der Waals surface area contributed by atoms with Crippen LogP contribution in [0.3, 0.4) is 0 Å². The molecule has 0 saturated heterocycles. The summed E-state index contributed by atoms with van der Waals surface area (Å²) in [4.78, 5) is 22.7. The van der Waals surface area contributed by atoms with Gasteiger partial charge in [0.05, 0.1) is 12.0 Å². The zero-order chi connectivity index (χ0) is 15.9. The summed E-state index contributed by atoms with van der Waals surface area (Å²) in [5.74, 6) is -0.936. The number of carboxylic acid groups (broad SMARTS) is 1. The van der Waals surface area contributed by atoms with Gasteiger partial charge in [-0.15, -0.1) is 0 Å². The molecule has 0 aliphatic heterocycles. The quantitative estimate of drug-likeness (QED) is 0.861. The second-order valence-electron chi connectivity index (χ2n) is 5.21. The van der Waals surface area contributed by atoms with Crippen LogP contribution in [0.1, 0.15) is 27.0 Å². The topological polar surface area (TPSA) is 66.4 Å². The predicted molar refractivity (Wildman–Crippen MR) is 85.0 cm³/mol. The van der Waals surface area contributed by atoms with Crippen molar-refractivity contribution < 1.29 is 14.7 Å². The highest BCUT2D eigenvalue weighted by atomic mass is 16.4. The van der Waals surface area contributed by atoms with E-state index in [1.165, 1.54) is 0 Å². The molecule has 0 radical (unpaired) electrons. The van der Waals surface area contributed by atoms with Crippen LogP contribution in [0, 0.1) is 6.92 Å².